The fourth-order valence-corrected chi connectivity index (χ4v) is 1.92. The third-order valence-electron chi connectivity index (χ3n) is 3.18. The van der Waals surface area contributed by atoms with E-state index in [0.29, 0.717) is 0 Å². The number of hydrogen-bond donors (Lipinski definition) is 4. The van der Waals surface area contributed by atoms with Gasteiger partial charge in [-0.3, -0.25) is 17.5 Å². The molecule has 0 spiro atoms. The van der Waals surface area contributed by atoms with E-state index in [4.69, 9.17) is 35.0 Å². The van der Waals surface area contributed by atoms with Crippen molar-refractivity contribution in [1.82, 2.24) is 0 Å². The van der Waals surface area contributed by atoms with Crippen LogP contribution < -0.4 is 59.1 Å². The molecule has 0 saturated heterocycles. The molecule has 0 aliphatic rings. The van der Waals surface area contributed by atoms with E-state index in [1.165, 1.54) is 0 Å². The fraction of sp³-hybridized carbons (Fsp3) is 0.200. The second-order valence-corrected chi connectivity index (χ2v) is 7.29. The predicted octanol–water partition coefficient (Wildman–Crippen LogP) is -4.56. The first-order valence-corrected chi connectivity index (χ1v) is 9.69. The molecule has 2 aromatic rings. The van der Waals surface area contributed by atoms with Crippen molar-refractivity contribution >= 4 is 20.8 Å². The molecule has 152 valence electrons. The topological polar surface area (TPSA) is 195 Å². The Balaban J connectivity index is -0.000000477. The summed E-state index contributed by atoms with van der Waals surface area (Å²) in [5.41, 5.74) is 2.10. The Morgan fingerprint density at radius 1 is 0.690 bits per heavy atom. The molecule has 0 aliphatic heterocycles. The predicted molar refractivity (Wildman–Crippen MR) is 93.0 cm³/mol. The van der Waals surface area contributed by atoms with Crippen LogP contribution in [0.5, 0.6) is 11.5 Å². The van der Waals surface area contributed by atoms with Gasteiger partial charge in [-0.05, 0) is 35.4 Å². The first-order valence-electron chi connectivity index (χ1n) is 6.96. The molecule has 0 unspecified atom stereocenters. The summed E-state index contributed by atoms with van der Waals surface area (Å²) in [4.78, 5) is 0. The second kappa shape index (κ2) is 14.0. The Hall–Kier alpha value is -0.220. The Morgan fingerprint density at radius 2 is 0.862 bits per heavy atom. The maximum atomic E-state index is 9.30. The van der Waals surface area contributed by atoms with Gasteiger partial charge >= 0.3 is 69.5 Å². The van der Waals surface area contributed by atoms with Crippen molar-refractivity contribution in [1.29, 1.82) is 0 Å². The Bertz CT molecular complexity index is 833. The van der Waals surface area contributed by atoms with Crippen LogP contribution in [0.25, 0.3) is 0 Å². The van der Waals surface area contributed by atoms with E-state index in [1.54, 1.807) is 24.3 Å². The van der Waals surface area contributed by atoms with E-state index in [2.05, 4.69) is 13.8 Å². The summed E-state index contributed by atoms with van der Waals surface area (Å²) in [6.45, 7) is 4.23. The zero-order valence-corrected chi connectivity index (χ0v) is 21.8. The van der Waals surface area contributed by atoms with Crippen LogP contribution in [0.4, 0.5) is 0 Å². The summed E-state index contributed by atoms with van der Waals surface area (Å²) in [5, 5.41) is 18.6. The number of phenols is 2. The van der Waals surface area contributed by atoms with Gasteiger partial charge in [0.15, 0.2) is 0 Å². The van der Waals surface area contributed by atoms with E-state index >= 15 is 0 Å². The molecule has 0 saturated carbocycles. The van der Waals surface area contributed by atoms with E-state index in [1.807, 2.05) is 24.3 Å². The number of benzene rings is 2. The smallest absolute Gasteiger partial charge is 0.759 e. The maximum absolute atomic E-state index is 9.30. The van der Waals surface area contributed by atoms with Crippen LogP contribution in [0, 0.1) is 0 Å². The molecule has 0 heterocycles. The summed E-state index contributed by atoms with van der Waals surface area (Å²) in [7, 11) is -9.83. The minimum Gasteiger partial charge on any atom is -0.759 e. The molecular formula is C15H18Na2O10S2. The van der Waals surface area contributed by atoms with Crippen molar-refractivity contribution in [3.8, 4) is 11.5 Å². The third-order valence-corrected chi connectivity index (χ3v) is 3.18. The molecule has 0 atom stereocenters. The van der Waals surface area contributed by atoms with Crippen molar-refractivity contribution in [2.24, 2.45) is 0 Å². The van der Waals surface area contributed by atoms with Crippen LogP contribution in [0.2, 0.25) is 0 Å². The molecule has 0 fully saturated rings. The molecule has 2 rings (SSSR count). The van der Waals surface area contributed by atoms with E-state index in [9.17, 15) is 10.2 Å². The van der Waals surface area contributed by atoms with Crippen molar-refractivity contribution in [3.05, 3.63) is 59.7 Å². The average Bonchev–Trinajstić information content (AvgIpc) is 2.44. The quantitative estimate of drug-likeness (QED) is 0.189. The van der Waals surface area contributed by atoms with Crippen molar-refractivity contribution in [2.45, 2.75) is 19.3 Å². The standard InChI is InChI=1S/C15H16O2.2Na.2H2O4S/c1-15(2,11-3-7-13(16)8-4-11)12-5-9-14(17)10-6-12;;;2*1-5(2,3)4/h3-10,16-17H,1-2H3;;;2*(H2,1,2,3,4)/q;2*+1;;/p-2. The monoisotopic (exact) mass is 468 g/mol. The van der Waals surface area contributed by atoms with Crippen LogP contribution in [-0.4, -0.2) is 45.3 Å². The first-order chi connectivity index (χ1) is 12.0. The van der Waals surface area contributed by atoms with E-state index in [0.717, 1.165) is 11.1 Å². The third kappa shape index (κ3) is 18.3. The average molecular weight is 468 g/mol. The van der Waals surface area contributed by atoms with Crippen LogP contribution in [0.1, 0.15) is 25.0 Å². The molecule has 0 aromatic heterocycles. The molecule has 0 radical (unpaired) electrons. The van der Waals surface area contributed by atoms with Gasteiger partial charge in [0, 0.05) is 15.8 Å². The van der Waals surface area contributed by atoms with Crippen molar-refractivity contribution < 1.29 is 104 Å². The van der Waals surface area contributed by atoms with E-state index < -0.39 is 20.8 Å². The Kier molecular flexibility index (Phi) is 16.1. The number of rotatable bonds is 2. The SMILES string of the molecule is CC(C)(c1ccc(O)cc1)c1ccc(O)cc1.O=S(=O)(O)O.O=S(=O)([O-])[O-].[Na+].[Na+]. The summed E-state index contributed by atoms with van der Waals surface area (Å²) < 4.78 is 65.7. The minimum atomic E-state index is -5.17. The largest absolute Gasteiger partial charge is 1.00 e. The Labute approximate surface area is 213 Å². The molecule has 4 N–H and O–H groups in total. The molecule has 0 bridgehead atoms. The molecule has 29 heavy (non-hydrogen) atoms. The number of hydrogen-bond acceptors (Lipinski definition) is 8. The number of phenolic OH excluding ortho intramolecular Hbond substituents is 2. The van der Waals surface area contributed by atoms with Crippen molar-refractivity contribution in [2.75, 3.05) is 0 Å². The normalized spacial score (nSPS) is 10.7. The molecule has 2 aromatic carbocycles. The Morgan fingerprint density at radius 3 is 1.03 bits per heavy atom. The summed E-state index contributed by atoms with van der Waals surface area (Å²) in [5.74, 6) is 0.547. The first kappa shape index (κ1) is 33.4. The molecule has 10 nitrogen and oxygen atoms in total. The van der Waals surface area contributed by atoms with E-state index in [-0.39, 0.29) is 76.0 Å². The zero-order valence-electron chi connectivity index (χ0n) is 16.2. The maximum Gasteiger partial charge on any atom is 1.00 e. The van der Waals surface area contributed by atoms with Gasteiger partial charge in [-0.15, -0.1) is 0 Å². The van der Waals surface area contributed by atoms with Gasteiger partial charge in [-0.1, -0.05) is 38.1 Å². The van der Waals surface area contributed by atoms with Gasteiger partial charge in [-0.2, -0.15) is 8.42 Å². The van der Waals surface area contributed by atoms with Gasteiger partial charge < -0.3 is 19.3 Å². The van der Waals surface area contributed by atoms with Crippen LogP contribution in [-0.2, 0) is 26.2 Å². The molecule has 0 amide bonds. The van der Waals surface area contributed by atoms with Crippen LogP contribution in [0.3, 0.4) is 0 Å². The minimum absolute atomic E-state index is 0. The second-order valence-electron chi connectivity index (χ2n) is 5.57. The molecule has 14 heteroatoms. The van der Waals surface area contributed by atoms with Crippen LogP contribution >= 0.6 is 0 Å². The van der Waals surface area contributed by atoms with Gasteiger partial charge in [-0.25, -0.2) is 0 Å². The molecular weight excluding hydrogens is 450 g/mol. The van der Waals surface area contributed by atoms with Gasteiger partial charge in [0.25, 0.3) is 0 Å². The summed E-state index contributed by atoms with van der Waals surface area (Å²) in [6, 6.07) is 14.4. The fourth-order valence-electron chi connectivity index (χ4n) is 1.92. The van der Waals surface area contributed by atoms with Crippen LogP contribution in [0.15, 0.2) is 48.5 Å². The summed E-state index contributed by atoms with van der Waals surface area (Å²) in [6.07, 6.45) is 0. The van der Waals surface area contributed by atoms with Gasteiger partial charge in [0.05, 0.1) is 0 Å². The zero-order chi connectivity index (χ0) is 21.5. The molecule has 0 aliphatic carbocycles. The van der Waals surface area contributed by atoms with Gasteiger partial charge in [0.2, 0.25) is 0 Å². The number of aromatic hydroxyl groups is 2. The summed E-state index contributed by atoms with van der Waals surface area (Å²) >= 11 is 0. The van der Waals surface area contributed by atoms with Gasteiger partial charge in [0.1, 0.15) is 11.5 Å². The van der Waals surface area contributed by atoms with Crippen molar-refractivity contribution in [3.63, 3.8) is 0 Å².